The minimum atomic E-state index is -0.403. The summed E-state index contributed by atoms with van der Waals surface area (Å²) in [4.78, 5) is 26.6. The number of halogens is 1. The second-order valence-electron chi connectivity index (χ2n) is 6.14. The van der Waals surface area contributed by atoms with Crippen LogP contribution in [0.25, 0.3) is 0 Å². The average Bonchev–Trinajstić information content (AvgIpc) is 3.02. The highest BCUT2D eigenvalue weighted by molar-refractivity contribution is 8.00. The number of likely N-dealkylation sites (tertiary alicyclic amines) is 1. The Hall–Kier alpha value is -2.02. The molecule has 0 aromatic heterocycles. The van der Waals surface area contributed by atoms with Gasteiger partial charge in [0, 0.05) is 29.9 Å². The molecule has 2 aromatic carbocycles. The van der Waals surface area contributed by atoms with Crippen molar-refractivity contribution in [1.82, 2.24) is 4.90 Å². The van der Waals surface area contributed by atoms with E-state index in [4.69, 9.17) is 11.5 Å². The summed E-state index contributed by atoms with van der Waals surface area (Å²) in [5, 5.41) is 0. The van der Waals surface area contributed by atoms with E-state index in [0.717, 1.165) is 10.5 Å². The summed E-state index contributed by atoms with van der Waals surface area (Å²) in [7, 11) is 0. The molecule has 2 atom stereocenters. The number of thioether (sulfide) groups is 1. The monoisotopic (exact) mass is 391 g/mol. The van der Waals surface area contributed by atoms with Gasteiger partial charge in [-0.25, -0.2) is 0 Å². The van der Waals surface area contributed by atoms with Crippen LogP contribution in [0.5, 0.6) is 0 Å². The van der Waals surface area contributed by atoms with Gasteiger partial charge in [0.15, 0.2) is 0 Å². The van der Waals surface area contributed by atoms with Gasteiger partial charge in [0.1, 0.15) is 0 Å². The molecule has 1 heterocycles. The second-order valence-corrected chi connectivity index (χ2v) is 7.16. The Balaban J connectivity index is 0.00000243. The van der Waals surface area contributed by atoms with Crippen LogP contribution in [0.3, 0.4) is 0 Å². The maximum absolute atomic E-state index is 13.0. The summed E-state index contributed by atoms with van der Waals surface area (Å²) < 4.78 is 0. The first-order chi connectivity index (χ1) is 12.1. The van der Waals surface area contributed by atoms with E-state index in [2.05, 4.69) is 12.1 Å². The van der Waals surface area contributed by atoms with Crippen LogP contribution in [0.4, 0.5) is 0 Å². The van der Waals surface area contributed by atoms with Gasteiger partial charge in [-0.3, -0.25) is 9.59 Å². The summed E-state index contributed by atoms with van der Waals surface area (Å²) >= 11 is 1.29. The number of nitrogens with zero attached hydrogens (tertiary/aromatic N) is 1. The van der Waals surface area contributed by atoms with Crippen molar-refractivity contribution in [2.24, 2.45) is 11.5 Å². The van der Waals surface area contributed by atoms with Crippen LogP contribution in [0.15, 0.2) is 59.5 Å². The molecule has 1 aliphatic rings. The predicted octanol–water partition coefficient (Wildman–Crippen LogP) is 2.25. The first-order valence-electron chi connectivity index (χ1n) is 8.16. The fraction of sp³-hybridized carbons (Fsp3) is 0.263. The summed E-state index contributed by atoms with van der Waals surface area (Å²) in [6, 6.07) is 17.3. The first kappa shape index (κ1) is 20.3. The van der Waals surface area contributed by atoms with Crippen molar-refractivity contribution >= 4 is 36.0 Å². The van der Waals surface area contributed by atoms with Crippen LogP contribution in [-0.2, 0) is 4.79 Å². The Morgan fingerprint density at radius 3 is 2.38 bits per heavy atom. The third-order valence-electron chi connectivity index (χ3n) is 4.37. The molecule has 3 rings (SSSR count). The molecule has 1 saturated heterocycles. The van der Waals surface area contributed by atoms with E-state index in [1.807, 2.05) is 36.4 Å². The fourth-order valence-corrected chi connectivity index (χ4v) is 3.92. The lowest BCUT2D eigenvalue weighted by Gasteiger charge is -2.18. The van der Waals surface area contributed by atoms with Gasteiger partial charge in [0.2, 0.25) is 5.91 Å². The summed E-state index contributed by atoms with van der Waals surface area (Å²) in [6.45, 7) is 1.12. The van der Waals surface area contributed by atoms with Gasteiger partial charge in [-0.15, -0.1) is 24.2 Å². The molecular formula is C19H22ClN3O2S. The van der Waals surface area contributed by atoms with Gasteiger partial charge in [0.25, 0.3) is 5.91 Å². The van der Waals surface area contributed by atoms with Crippen LogP contribution in [0.1, 0.15) is 21.8 Å². The molecule has 0 bridgehead atoms. The van der Waals surface area contributed by atoms with Crippen LogP contribution in [0.2, 0.25) is 0 Å². The Kier molecular flexibility index (Phi) is 7.08. The van der Waals surface area contributed by atoms with E-state index < -0.39 is 5.91 Å². The number of primary amides is 1. The number of benzene rings is 2. The molecule has 2 aromatic rings. The number of carbonyl (C=O) groups is 2. The molecule has 0 saturated carbocycles. The molecule has 4 N–H and O–H groups in total. The lowest BCUT2D eigenvalue weighted by atomic mass is 9.95. The molecule has 138 valence electrons. The average molecular weight is 392 g/mol. The Morgan fingerprint density at radius 2 is 1.69 bits per heavy atom. The number of rotatable bonds is 5. The van der Waals surface area contributed by atoms with Gasteiger partial charge >= 0.3 is 0 Å². The predicted molar refractivity (Wildman–Crippen MR) is 107 cm³/mol. The van der Waals surface area contributed by atoms with Crippen molar-refractivity contribution in [1.29, 1.82) is 0 Å². The first-order valence-corrected chi connectivity index (χ1v) is 9.14. The maximum Gasteiger partial charge on any atom is 0.255 e. The molecule has 1 aliphatic heterocycles. The normalized spacial score (nSPS) is 19.0. The topological polar surface area (TPSA) is 89.4 Å². The van der Waals surface area contributed by atoms with Gasteiger partial charge in [0.05, 0.1) is 11.3 Å². The SMILES string of the molecule is Cl.NC(=O)CSc1ccccc1C(=O)N1C[C@@H](N)[C@H](c2ccccc2)C1. The quantitative estimate of drug-likeness (QED) is 0.765. The van der Waals surface area contributed by atoms with E-state index in [-0.39, 0.29) is 36.0 Å². The van der Waals surface area contributed by atoms with Crippen LogP contribution < -0.4 is 11.5 Å². The zero-order chi connectivity index (χ0) is 17.8. The molecule has 0 aliphatic carbocycles. The van der Waals surface area contributed by atoms with Gasteiger partial charge in [-0.2, -0.15) is 0 Å². The van der Waals surface area contributed by atoms with Crippen molar-refractivity contribution in [2.75, 3.05) is 18.8 Å². The van der Waals surface area contributed by atoms with E-state index in [9.17, 15) is 9.59 Å². The summed E-state index contributed by atoms with van der Waals surface area (Å²) in [5.74, 6) is -0.173. The van der Waals surface area contributed by atoms with Crippen molar-refractivity contribution in [2.45, 2.75) is 16.9 Å². The fourth-order valence-electron chi connectivity index (χ4n) is 3.14. The van der Waals surface area contributed by atoms with E-state index in [1.165, 1.54) is 11.8 Å². The number of amides is 2. The van der Waals surface area contributed by atoms with Crippen molar-refractivity contribution in [3.63, 3.8) is 0 Å². The largest absolute Gasteiger partial charge is 0.369 e. The minimum absolute atomic E-state index is 0. The highest BCUT2D eigenvalue weighted by Crippen LogP contribution is 2.29. The van der Waals surface area contributed by atoms with Crippen LogP contribution in [0, 0.1) is 0 Å². The number of nitrogens with two attached hydrogens (primary N) is 2. The third kappa shape index (κ3) is 4.58. The standard InChI is InChI=1S/C19H21N3O2S.ClH/c20-16-11-22(10-15(16)13-6-2-1-3-7-13)19(24)14-8-4-5-9-17(14)25-12-18(21)23;/h1-9,15-16H,10-12,20H2,(H2,21,23);1H/t15-,16+;/m0./s1. The van der Waals surface area contributed by atoms with Gasteiger partial charge < -0.3 is 16.4 Å². The molecule has 5 nitrogen and oxygen atoms in total. The molecule has 26 heavy (non-hydrogen) atoms. The Labute approximate surface area is 163 Å². The Morgan fingerprint density at radius 1 is 1.04 bits per heavy atom. The Bertz CT molecular complexity index is 772. The highest BCUT2D eigenvalue weighted by Gasteiger charge is 2.34. The van der Waals surface area contributed by atoms with E-state index in [0.29, 0.717) is 18.7 Å². The molecule has 0 unspecified atom stereocenters. The maximum atomic E-state index is 13.0. The van der Waals surface area contributed by atoms with Crippen LogP contribution in [-0.4, -0.2) is 41.6 Å². The summed E-state index contributed by atoms with van der Waals surface area (Å²) in [6.07, 6.45) is 0. The molecular weight excluding hydrogens is 370 g/mol. The second kappa shape index (κ2) is 9.07. The van der Waals surface area contributed by atoms with E-state index >= 15 is 0 Å². The smallest absolute Gasteiger partial charge is 0.255 e. The van der Waals surface area contributed by atoms with Gasteiger partial charge in [-0.1, -0.05) is 42.5 Å². The minimum Gasteiger partial charge on any atom is -0.369 e. The molecule has 7 heteroatoms. The molecule has 0 radical (unpaired) electrons. The van der Waals surface area contributed by atoms with Crippen molar-refractivity contribution in [3.05, 3.63) is 65.7 Å². The van der Waals surface area contributed by atoms with Gasteiger partial charge in [-0.05, 0) is 17.7 Å². The molecule has 1 fully saturated rings. The summed E-state index contributed by atoms with van der Waals surface area (Å²) in [5.41, 5.74) is 13.3. The van der Waals surface area contributed by atoms with E-state index in [1.54, 1.807) is 11.0 Å². The van der Waals surface area contributed by atoms with Crippen molar-refractivity contribution in [3.8, 4) is 0 Å². The third-order valence-corrected chi connectivity index (χ3v) is 5.46. The molecule has 0 spiro atoms. The molecule has 2 amide bonds. The lowest BCUT2D eigenvalue weighted by molar-refractivity contribution is -0.115. The number of hydrogen-bond donors (Lipinski definition) is 2. The van der Waals surface area contributed by atoms with Crippen molar-refractivity contribution < 1.29 is 9.59 Å². The number of carbonyl (C=O) groups excluding carboxylic acids is 2. The lowest BCUT2D eigenvalue weighted by Crippen LogP contribution is -2.32. The number of hydrogen-bond acceptors (Lipinski definition) is 4. The zero-order valence-corrected chi connectivity index (χ0v) is 15.8. The zero-order valence-electron chi connectivity index (χ0n) is 14.2. The van der Waals surface area contributed by atoms with Crippen LogP contribution >= 0.6 is 24.2 Å². The highest BCUT2D eigenvalue weighted by atomic mass is 35.5.